The summed E-state index contributed by atoms with van der Waals surface area (Å²) in [6.07, 6.45) is 22.4. The van der Waals surface area contributed by atoms with Crippen LogP contribution in [0.15, 0.2) is 193 Å². The Kier molecular flexibility index (Phi) is 9.49. The van der Waals surface area contributed by atoms with E-state index in [1.807, 2.05) is 0 Å². The average Bonchev–Trinajstić information content (AvgIpc) is 3.56. The lowest BCUT2D eigenvalue weighted by molar-refractivity contribution is 0.327. The molecule has 3 nitrogen and oxygen atoms in total. The van der Waals surface area contributed by atoms with Crippen LogP contribution in [0.2, 0.25) is 0 Å². The van der Waals surface area contributed by atoms with Crippen LogP contribution in [0, 0.1) is 5.92 Å². The first-order chi connectivity index (χ1) is 29.1. The number of aliphatic imine (C=N–C) groups is 1. The van der Waals surface area contributed by atoms with Crippen LogP contribution in [0.5, 0.6) is 0 Å². The van der Waals surface area contributed by atoms with Crippen molar-refractivity contribution >= 4 is 50.6 Å². The van der Waals surface area contributed by atoms with Gasteiger partial charge in [0.25, 0.3) is 0 Å². The highest BCUT2D eigenvalue weighted by Gasteiger charge is 2.54. The van der Waals surface area contributed by atoms with E-state index in [1.165, 1.54) is 73.9 Å². The van der Waals surface area contributed by atoms with E-state index in [2.05, 4.69) is 215 Å². The molecule has 59 heavy (non-hydrogen) atoms. The molecule has 6 unspecified atom stereocenters. The minimum Gasteiger partial charge on any atom is -0.349 e. The molecule has 0 amide bonds. The van der Waals surface area contributed by atoms with Crippen molar-refractivity contribution in [3.05, 3.63) is 204 Å². The maximum atomic E-state index is 5.46. The molecule has 0 spiro atoms. The maximum Gasteiger partial charge on any atom is 0.107 e. The standard InChI is InChI=1S/C55H48IN3/c56-55-36-44(31-32-50(55)48-21-8-11-24-53(48)59(55)45-17-2-1-3-18-45)41-15-12-16-43(34-41)46-19-6-9-22-51(46)57-54-35-49(47-20-7-10-23-52(47)58-54)39-28-25-38(26-29-39)42-30-27-37-13-4-5-14-40(37)33-42/h1-17,19,21-30,33-34,44-45,47,49-50H,18,20,31-32,35-36H2,(H,57,58). The Morgan fingerprint density at radius 2 is 1.46 bits per heavy atom. The molecule has 1 saturated heterocycles. The molecule has 1 saturated carbocycles. The van der Waals surface area contributed by atoms with Gasteiger partial charge in [0.1, 0.15) is 5.84 Å². The predicted molar refractivity (Wildman–Crippen MR) is 256 cm³/mol. The number of benzene rings is 6. The van der Waals surface area contributed by atoms with Crippen molar-refractivity contribution in [1.82, 2.24) is 5.32 Å². The molecule has 3 aliphatic carbocycles. The molecule has 6 aromatic rings. The van der Waals surface area contributed by atoms with Gasteiger partial charge >= 0.3 is 0 Å². The van der Waals surface area contributed by atoms with Crippen LogP contribution in [-0.2, 0) is 0 Å². The lowest BCUT2D eigenvalue weighted by Gasteiger charge is -2.48. The van der Waals surface area contributed by atoms with Crippen LogP contribution in [-0.4, -0.2) is 15.4 Å². The second-order valence-corrected chi connectivity index (χ2v) is 19.0. The number of hydrogen-bond acceptors (Lipinski definition) is 2. The second-order valence-electron chi connectivity index (χ2n) is 17.1. The number of anilines is 1. The predicted octanol–water partition coefficient (Wildman–Crippen LogP) is 14.3. The third-order valence-corrected chi connectivity index (χ3v) is 15.5. The SMILES string of the molecule is IC12CC(c3cccc(-c4ccccc4N=C4CC(c5ccc(-c6ccc7ccccc7c6)cc5)C5CC=CC=C5N4)c3)CCC1c1ccccc1N2C1C=CC=CC1. The fourth-order valence-electron chi connectivity index (χ4n) is 10.9. The molecule has 2 heterocycles. The number of fused-ring (bicyclic) bond motifs is 5. The number of hydrogen-bond donors (Lipinski definition) is 1. The number of piperidine rings is 1. The van der Waals surface area contributed by atoms with Gasteiger partial charge in [0.15, 0.2) is 0 Å². The smallest absolute Gasteiger partial charge is 0.107 e. The normalized spacial score (nSPS) is 26.3. The molecule has 6 aromatic carbocycles. The van der Waals surface area contributed by atoms with E-state index in [-0.39, 0.29) is 3.55 Å². The Hall–Kier alpha value is -5.46. The largest absolute Gasteiger partial charge is 0.349 e. The number of alkyl halides is 1. The highest BCUT2D eigenvalue weighted by atomic mass is 127. The topological polar surface area (TPSA) is 27.6 Å². The monoisotopic (exact) mass is 877 g/mol. The molecular formula is C55H48IN3. The van der Waals surface area contributed by atoms with Crippen LogP contribution in [0.4, 0.5) is 11.4 Å². The van der Waals surface area contributed by atoms with Crippen LogP contribution >= 0.6 is 22.6 Å². The first-order valence-electron chi connectivity index (χ1n) is 21.5. The highest BCUT2D eigenvalue weighted by molar-refractivity contribution is 14.1. The van der Waals surface area contributed by atoms with Gasteiger partial charge in [-0.05, 0) is 112 Å². The Labute approximate surface area is 362 Å². The van der Waals surface area contributed by atoms with Crippen LogP contribution < -0.4 is 10.2 Å². The Morgan fingerprint density at radius 3 is 2.36 bits per heavy atom. The molecule has 5 aliphatic rings. The molecule has 11 rings (SSSR count). The third-order valence-electron chi connectivity index (χ3n) is 13.8. The van der Waals surface area contributed by atoms with Crippen molar-refractivity contribution in [3.63, 3.8) is 0 Å². The summed E-state index contributed by atoms with van der Waals surface area (Å²) in [4.78, 5) is 8.24. The number of rotatable bonds is 6. The Balaban J connectivity index is 0.877. The number of nitrogens with zero attached hydrogens (tertiary/aromatic N) is 2. The van der Waals surface area contributed by atoms with Crippen molar-refractivity contribution in [3.8, 4) is 22.3 Å². The lowest BCUT2D eigenvalue weighted by Crippen LogP contribution is -2.51. The summed E-state index contributed by atoms with van der Waals surface area (Å²) in [7, 11) is 0. The zero-order valence-corrected chi connectivity index (χ0v) is 35.4. The van der Waals surface area contributed by atoms with E-state index < -0.39 is 0 Å². The van der Waals surface area contributed by atoms with E-state index in [0.29, 0.717) is 29.7 Å². The van der Waals surface area contributed by atoms with Crippen molar-refractivity contribution < 1.29 is 0 Å². The molecule has 1 N–H and O–H groups in total. The average molecular weight is 878 g/mol. The minimum absolute atomic E-state index is 0.0330. The highest BCUT2D eigenvalue weighted by Crippen LogP contribution is 2.61. The van der Waals surface area contributed by atoms with Crippen LogP contribution in [0.25, 0.3) is 33.0 Å². The minimum atomic E-state index is 0.0330. The zero-order chi connectivity index (χ0) is 39.3. The van der Waals surface area contributed by atoms with Crippen LogP contribution in [0.3, 0.4) is 0 Å². The summed E-state index contributed by atoms with van der Waals surface area (Å²) in [6.45, 7) is 0. The fourth-order valence-corrected chi connectivity index (χ4v) is 12.7. The molecule has 0 bridgehead atoms. The zero-order valence-electron chi connectivity index (χ0n) is 33.2. The van der Waals surface area contributed by atoms with E-state index >= 15 is 0 Å². The summed E-state index contributed by atoms with van der Waals surface area (Å²) < 4.78 is 0.0330. The molecule has 4 heteroatoms. The van der Waals surface area contributed by atoms with Gasteiger partial charge in [-0.15, -0.1) is 0 Å². The summed E-state index contributed by atoms with van der Waals surface area (Å²) in [5.41, 5.74) is 13.0. The molecular weight excluding hydrogens is 830 g/mol. The maximum absolute atomic E-state index is 5.46. The molecule has 2 fully saturated rings. The van der Waals surface area contributed by atoms with Gasteiger partial charge in [-0.1, -0.05) is 180 Å². The summed E-state index contributed by atoms with van der Waals surface area (Å²) in [5.74, 6) is 2.80. The van der Waals surface area contributed by atoms with Crippen LogP contribution in [0.1, 0.15) is 73.0 Å². The van der Waals surface area contributed by atoms with Gasteiger partial charge in [-0.3, -0.25) is 0 Å². The van der Waals surface area contributed by atoms with Crippen molar-refractivity contribution in [2.24, 2.45) is 10.9 Å². The number of nitrogens with one attached hydrogen (secondary N) is 1. The number of para-hydroxylation sites is 2. The molecule has 290 valence electrons. The van der Waals surface area contributed by atoms with Gasteiger partial charge in [-0.2, -0.15) is 0 Å². The molecule has 0 radical (unpaired) electrons. The van der Waals surface area contributed by atoms with E-state index in [1.54, 1.807) is 0 Å². The first-order valence-corrected chi connectivity index (χ1v) is 22.6. The van der Waals surface area contributed by atoms with E-state index in [4.69, 9.17) is 4.99 Å². The summed E-state index contributed by atoms with van der Waals surface area (Å²) in [5, 5.41) is 6.36. The van der Waals surface area contributed by atoms with E-state index in [9.17, 15) is 0 Å². The lowest BCUT2D eigenvalue weighted by atomic mass is 9.74. The summed E-state index contributed by atoms with van der Waals surface area (Å²) in [6, 6.07) is 52.4. The molecule has 0 aromatic heterocycles. The van der Waals surface area contributed by atoms with Crippen molar-refractivity contribution in [2.45, 2.75) is 65.9 Å². The van der Waals surface area contributed by atoms with Gasteiger partial charge < -0.3 is 10.2 Å². The van der Waals surface area contributed by atoms with Gasteiger partial charge in [0.05, 0.1) is 15.3 Å². The summed E-state index contributed by atoms with van der Waals surface area (Å²) >= 11 is 2.86. The number of allylic oxidation sites excluding steroid dienone is 6. The van der Waals surface area contributed by atoms with E-state index in [0.717, 1.165) is 37.2 Å². The van der Waals surface area contributed by atoms with Crippen molar-refractivity contribution in [2.75, 3.05) is 4.90 Å². The first kappa shape index (κ1) is 36.6. The van der Waals surface area contributed by atoms with Gasteiger partial charge in [-0.25, -0.2) is 4.99 Å². The molecule has 6 atom stereocenters. The van der Waals surface area contributed by atoms with Gasteiger partial charge in [0, 0.05) is 35.2 Å². The third kappa shape index (κ3) is 6.70. The Bertz CT molecular complexity index is 2720. The fraction of sp³-hybridized carbons (Fsp3) is 0.218. The van der Waals surface area contributed by atoms with Crippen molar-refractivity contribution in [1.29, 1.82) is 0 Å². The Morgan fingerprint density at radius 1 is 0.644 bits per heavy atom. The number of amidine groups is 1. The number of halogens is 1. The quantitative estimate of drug-likeness (QED) is 0.103. The molecule has 2 aliphatic heterocycles. The van der Waals surface area contributed by atoms with Gasteiger partial charge in [0.2, 0.25) is 0 Å². The second kappa shape index (κ2) is 15.3.